The fourth-order valence-corrected chi connectivity index (χ4v) is 4.67. The Balaban J connectivity index is 0.000000569. The predicted octanol–water partition coefficient (Wildman–Crippen LogP) is 2.02. The molecule has 0 bridgehead atoms. The lowest BCUT2D eigenvalue weighted by atomic mass is 10.1. The van der Waals surface area contributed by atoms with E-state index in [0.717, 1.165) is 12.1 Å². The molecule has 1 heterocycles. The Hall–Kier alpha value is -2.86. The van der Waals surface area contributed by atoms with Crippen molar-refractivity contribution in [1.82, 2.24) is 9.21 Å². The molecule has 0 unspecified atom stereocenters. The first-order chi connectivity index (χ1) is 15.6. The van der Waals surface area contributed by atoms with Gasteiger partial charge < -0.3 is 19.7 Å². The van der Waals surface area contributed by atoms with Crippen molar-refractivity contribution in [2.75, 3.05) is 40.4 Å². The van der Waals surface area contributed by atoms with Crippen molar-refractivity contribution in [3.63, 3.8) is 0 Å². The van der Waals surface area contributed by atoms with Crippen LogP contribution >= 0.6 is 11.6 Å². The highest BCUT2D eigenvalue weighted by molar-refractivity contribution is 7.89. The molecule has 12 heteroatoms. The zero-order valence-electron chi connectivity index (χ0n) is 18.1. The third kappa shape index (κ3) is 7.32. The van der Waals surface area contributed by atoms with E-state index in [1.54, 1.807) is 38.5 Å². The lowest BCUT2D eigenvalue weighted by Crippen LogP contribution is -2.48. The summed E-state index contributed by atoms with van der Waals surface area (Å²) < 4.78 is 37.6. The highest BCUT2D eigenvalue weighted by Crippen LogP contribution is 2.28. The van der Waals surface area contributed by atoms with Gasteiger partial charge in [0.05, 0.1) is 19.1 Å². The smallest absolute Gasteiger partial charge is 0.414 e. The van der Waals surface area contributed by atoms with Crippen LogP contribution in [0.25, 0.3) is 0 Å². The van der Waals surface area contributed by atoms with E-state index in [0.29, 0.717) is 42.7 Å². The maximum absolute atomic E-state index is 12.8. The molecular formula is C21H25ClN2O8S. The minimum Gasteiger partial charge on any atom is -0.493 e. The van der Waals surface area contributed by atoms with Crippen LogP contribution in [0.15, 0.2) is 47.4 Å². The molecule has 1 aliphatic rings. The second-order valence-corrected chi connectivity index (χ2v) is 9.31. The van der Waals surface area contributed by atoms with Crippen molar-refractivity contribution in [1.29, 1.82) is 0 Å². The lowest BCUT2D eigenvalue weighted by molar-refractivity contribution is -0.159. The second kappa shape index (κ2) is 11.8. The van der Waals surface area contributed by atoms with Gasteiger partial charge in [0.25, 0.3) is 0 Å². The van der Waals surface area contributed by atoms with E-state index in [1.807, 2.05) is 18.2 Å². The molecule has 2 aromatic carbocycles. The molecule has 0 amide bonds. The van der Waals surface area contributed by atoms with E-state index in [9.17, 15) is 8.42 Å². The van der Waals surface area contributed by atoms with Crippen molar-refractivity contribution in [2.45, 2.75) is 11.4 Å². The highest BCUT2D eigenvalue weighted by Gasteiger charge is 2.28. The number of ether oxygens (including phenoxy) is 2. The predicted molar refractivity (Wildman–Crippen MR) is 120 cm³/mol. The molecule has 1 aliphatic heterocycles. The number of sulfonamides is 1. The molecular weight excluding hydrogens is 476 g/mol. The number of piperazine rings is 1. The highest BCUT2D eigenvalue weighted by atomic mass is 35.5. The van der Waals surface area contributed by atoms with Gasteiger partial charge in [0.15, 0.2) is 11.5 Å². The van der Waals surface area contributed by atoms with Gasteiger partial charge in [-0.1, -0.05) is 17.7 Å². The molecule has 0 aromatic heterocycles. The van der Waals surface area contributed by atoms with Gasteiger partial charge in [-0.05, 0) is 42.0 Å². The Labute approximate surface area is 196 Å². The zero-order valence-corrected chi connectivity index (χ0v) is 19.7. The molecule has 0 radical (unpaired) electrons. The van der Waals surface area contributed by atoms with Crippen molar-refractivity contribution < 1.29 is 37.7 Å². The topological polar surface area (TPSA) is 134 Å². The number of rotatable bonds is 6. The van der Waals surface area contributed by atoms with E-state index in [4.69, 9.17) is 40.9 Å². The summed E-state index contributed by atoms with van der Waals surface area (Å²) in [5.74, 6) is -2.26. The number of benzene rings is 2. The number of carbonyl (C=O) groups is 2. The number of hydrogen-bond donors (Lipinski definition) is 2. The van der Waals surface area contributed by atoms with E-state index >= 15 is 0 Å². The van der Waals surface area contributed by atoms with E-state index in [2.05, 4.69) is 4.90 Å². The summed E-state index contributed by atoms with van der Waals surface area (Å²) in [4.78, 5) is 20.7. The standard InChI is InChI=1S/C19H23ClN2O4S.C2H2O4/c1-25-18-8-3-15(13-19(18)26-2)14-21-9-11-22(12-10-21)27(23,24)17-6-4-16(20)5-7-17;3-1(4)2(5)6/h3-8,13H,9-12,14H2,1-2H3;(H,3,4)(H,5,6). The Morgan fingerprint density at radius 1 is 0.909 bits per heavy atom. The van der Waals surface area contributed by atoms with Gasteiger partial charge in [-0.2, -0.15) is 4.31 Å². The van der Waals surface area contributed by atoms with Crippen molar-refractivity contribution >= 4 is 33.6 Å². The van der Waals surface area contributed by atoms with Crippen LogP contribution in [0.2, 0.25) is 5.02 Å². The third-order valence-corrected chi connectivity index (χ3v) is 6.98. The lowest BCUT2D eigenvalue weighted by Gasteiger charge is -2.34. The number of carboxylic acids is 2. The molecule has 0 atom stereocenters. The molecule has 0 saturated carbocycles. The molecule has 1 saturated heterocycles. The third-order valence-electron chi connectivity index (χ3n) is 4.82. The van der Waals surface area contributed by atoms with Gasteiger partial charge >= 0.3 is 11.9 Å². The number of methoxy groups -OCH3 is 2. The van der Waals surface area contributed by atoms with Gasteiger partial charge in [0, 0.05) is 37.7 Å². The first-order valence-corrected chi connectivity index (χ1v) is 11.6. The summed E-state index contributed by atoms with van der Waals surface area (Å²) in [6.45, 7) is 2.98. The molecule has 0 aliphatic carbocycles. The Kier molecular flexibility index (Phi) is 9.47. The number of hydrogen-bond acceptors (Lipinski definition) is 7. The molecule has 33 heavy (non-hydrogen) atoms. The molecule has 0 spiro atoms. The van der Waals surface area contributed by atoms with Crippen LogP contribution in [0, 0.1) is 0 Å². The van der Waals surface area contributed by atoms with Crippen LogP contribution in [0.1, 0.15) is 5.56 Å². The maximum atomic E-state index is 12.8. The first kappa shape index (κ1) is 26.4. The van der Waals surface area contributed by atoms with Crippen LogP contribution < -0.4 is 9.47 Å². The largest absolute Gasteiger partial charge is 0.493 e. The molecule has 2 N–H and O–H groups in total. The molecule has 2 aromatic rings. The van der Waals surface area contributed by atoms with Gasteiger partial charge in [-0.3, -0.25) is 4.90 Å². The average Bonchev–Trinajstić information content (AvgIpc) is 2.80. The van der Waals surface area contributed by atoms with E-state index < -0.39 is 22.0 Å². The summed E-state index contributed by atoms with van der Waals surface area (Å²) in [6, 6.07) is 12.1. The molecule has 180 valence electrons. The Bertz CT molecular complexity index is 1060. The fourth-order valence-electron chi connectivity index (χ4n) is 3.12. The quantitative estimate of drug-likeness (QED) is 0.571. The minimum atomic E-state index is -3.48. The summed E-state index contributed by atoms with van der Waals surface area (Å²) in [5, 5.41) is 15.3. The molecule has 3 rings (SSSR count). The van der Waals surface area contributed by atoms with E-state index in [-0.39, 0.29) is 4.90 Å². The second-order valence-electron chi connectivity index (χ2n) is 6.93. The van der Waals surface area contributed by atoms with Crippen LogP contribution in [0.3, 0.4) is 0 Å². The van der Waals surface area contributed by atoms with Crippen LogP contribution in [-0.2, 0) is 26.2 Å². The fraction of sp³-hybridized carbons (Fsp3) is 0.333. The average molecular weight is 501 g/mol. The van der Waals surface area contributed by atoms with Crippen LogP contribution in [0.4, 0.5) is 0 Å². The molecule has 1 fully saturated rings. The summed E-state index contributed by atoms with van der Waals surface area (Å²) in [6.07, 6.45) is 0. The number of aliphatic carboxylic acids is 2. The van der Waals surface area contributed by atoms with Gasteiger partial charge in [-0.15, -0.1) is 0 Å². The first-order valence-electron chi connectivity index (χ1n) is 9.73. The molecule has 10 nitrogen and oxygen atoms in total. The monoisotopic (exact) mass is 500 g/mol. The summed E-state index contributed by atoms with van der Waals surface area (Å²) >= 11 is 5.85. The van der Waals surface area contributed by atoms with E-state index in [1.165, 1.54) is 4.31 Å². The Morgan fingerprint density at radius 2 is 1.45 bits per heavy atom. The number of halogens is 1. The van der Waals surface area contributed by atoms with Crippen LogP contribution in [0.5, 0.6) is 11.5 Å². The Morgan fingerprint density at radius 3 is 1.94 bits per heavy atom. The zero-order chi connectivity index (χ0) is 24.6. The van der Waals surface area contributed by atoms with Gasteiger partial charge in [0.2, 0.25) is 10.0 Å². The SMILES string of the molecule is COc1ccc(CN2CCN(S(=O)(=O)c3ccc(Cl)cc3)CC2)cc1OC.O=C(O)C(=O)O. The van der Waals surface area contributed by atoms with Crippen LogP contribution in [-0.4, -0.2) is 80.2 Å². The van der Waals surface area contributed by atoms with Crippen molar-refractivity contribution in [3.05, 3.63) is 53.1 Å². The maximum Gasteiger partial charge on any atom is 0.414 e. The van der Waals surface area contributed by atoms with Crippen molar-refractivity contribution in [3.8, 4) is 11.5 Å². The minimum absolute atomic E-state index is 0.278. The number of carboxylic acid groups (broad SMARTS) is 2. The van der Waals surface area contributed by atoms with Gasteiger partial charge in [-0.25, -0.2) is 18.0 Å². The van der Waals surface area contributed by atoms with Crippen molar-refractivity contribution in [2.24, 2.45) is 0 Å². The number of nitrogens with zero attached hydrogens (tertiary/aromatic N) is 2. The normalized spacial score (nSPS) is 14.6. The summed E-state index contributed by atoms with van der Waals surface area (Å²) in [5.41, 5.74) is 1.10. The van der Waals surface area contributed by atoms with Gasteiger partial charge in [0.1, 0.15) is 0 Å². The summed E-state index contributed by atoms with van der Waals surface area (Å²) in [7, 11) is -0.261.